The maximum absolute atomic E-state index is 9.08. The molecule has 1 aromatic heterocycles. The molecule has 102 valence electrons. The van der Waals surface area contributed by atoms with Gasteiger partial charge in [-0.1, -0.05) is 13.3 Å². The first-order valence-corrected chi connectivity index (χ1v) is 7.25. The Kier molecular flexibility index (Phi) is 5.26. The molecule has 2 N–H and O–H groups in total. The molecule has 2 atom stereocenters. The average Bonchev–Trinajstić information content (AvgIpc) is 2.85. The number of aliphatic hydroxyl groups is 1. The summed E-state index contributed by atoms with van der Waals surface area (Å²) in [5.41, 5.74) is 1.35. The maximum atomic E-state index is 9.08. The van der Waals surface area contributed by atoms with Crippen molar-refractivity contribution in [1.82, 2.24) is 5.32 Å². The maximum Gasteiger partial charge on any atom is 0.108 e. The summed E-state index contributed by atoms with van der Waals surface area (Å²) in [5.74, 6) is 1.75. The molecule has 1 heterocycles. The summed E-state index contributed by atoms with van der Waals surface area (Å²) in [6, 6.07) is 2.55. The van der Waals surface area contributed by atoms with Gasteiger partial charge in [-0.05, 0) is 44.2 Å². The minimum atomic E-state index is 0.300. The van der Waals surface area contributed by atoms with E-state index in [0.29, 0.717) is 18.6 Å². The average molecular weight is 251 g/mol. The molecule has 0 aliphatic heterocycles. The van der Waals surface area contributed by atoms with Gasteiger partial charge in [0, 0.05) is 24.6 Å². The summed E-state index contributed by atoms with van der Waals surface area (Å²) in [4.78, 5) is 0. The van der Waals surface area contributed by atoms with Crippen molar-refractivity contribution in [3.05, 3.63) is 23.7 Å². The zero-order valence-corrected chi connectivity index (χ0v) is 11.3. The fraction of sp³-hybridized carbons (Fsp3) is 0.733. The van der Waals surface area contributed by atoms with E-state index in [9.17, 15) is 0 Å². The number of nitrogens with one attached hydrogen (secondary N) is 1. The molecule has 0 saturated carbocycles. The molecule has 2 rings (SSSR count). The van der Waals surface area contributed by atoms with Gasteiger partial charge in [-0.15, -0.1) is 0 Å². The van der Waals surface area contributed by atoms with Gasteiger partial charge in [-0.3, -0.25) is 0 Å². The van der Waals surface area contributed by atoms with Crippen LogP contribution in [0.5, 0.6) is 0 Å². The third-order valence-corrected chi connectivity index (χ3v) is 3.94. The zero-order valence-electron chi connectivity index (χ0n) is 11.3. The molecule has 3 heteroatoms. The van der Waals surface area contributed by atoms with Crippen molar-refractivity contribution >= 4 is 0 Å². The zero-order chi connectivity index (χ0) is 12.8. The summed E-state index contributed by atoms with van der Waals surface area (Å²) in [6.45, 7) is 3.51. The SMILES string of the molecule is CCCC(CCO)CNC1CCCc2occc21. The van der Waals surface area contributed by atoms with Crippen molar-refractivity contribution in [2.45, 2.75) is 51.5 Å². The molecule has 0 bridgehead atoms. The van der Waals surface area contributed by atoms with Gasteiger partial charge in [0.25, 0.3) is 0 Å². The highest BCUT2D eigenvalue weighted by Gasteiger charge is 2.22. The summed E-state index contributed by atoms with van der Waals surface area (Å²) in [5, 5.41) is 12.7. The first-order valence-electron chi connectivity index (χ1n) is 7.25. The van der Waals surface area contributed by atoms with E-state index in [-0.39, 0.29) is 0 Å². The van der Waals surface area contributed by atoms with E-state index in [4.69, 9.17) is 9.52 Å². The van der Waals surface area contributed by atoms with Crippen molar-refractivity contribution in [3.8, 4) is 0 Å². The Morgan fingerprint density at radius 3 is 3.17 bits per heavy atom. The standard InChI is InChI=1S/C15H25NO2/c1-2-4-12(7-9-17)11-16-14-5-3-6-15-13(14)8-10-18-15/h8,10,12,14,16-17H,2-7,9,11H2,1H3. The topological polar surface area (TPSA) is 45.4 Å². The molecule has 0 radical (unpaired) electrons. The van der Waals surface area contributed by atoms with Gasteiger partial charge in [-0.25, -0.2) is 0 Å². The van der Waals surface area contributed by atoms with E-state index >= 15 is 0 Å². The minimum absolute atomic E-state index is 0.300. The fourth-order valence-corrected chi connectivity index (χ4v) is 2.95. The Hall–Kier alpha value is -0.800. The van der Waals surface area contributed by atoms with Gasteiger partial charge < -0.3 is 14.8 Å². The molecule has 3 nitrogen and oxygen atoms in total. The van der Waals surface area contributed by atoms with E-state index < -0.39 is 0 Å². The summed E-state index contributed by atoms with van der Waals surface area (Å²) in [7, 11) is 0. The molecule has 0 fully saturated rings. The molecule has 1 aromatic rings. The number of furan rings is 1. The van der Waals surface area contributed by atoms with Crippen molar-refractivity contribution in [2.75, 3.05) is 13.2 Å². The summed E-state index contributed by atoms with van der Waals surface area (Å²) >= 11 is 0. The van der Waals surface area contributed by atoms with Gasteiger partial charge in [0.2, 0.25) is 0 Å². The van der Waals surface area contributed by atoms with Gasteiger partial charge in [0.15, 0.2) is 0 Å². The second-order valence-corrected chi connectivity index (χ2v) is 5.32. The highest BCUT2D eigenvalue weighted by atomic mass is 16.3. The van der Waals surface area contributed by atoms with Gasteiger partial charge >= 0.3 is 0 Å². The first-order chi connectivity index (χ1) is 8.85. The Morgan fingerprint density at radius 2 is 2.39 bits per heavy atom. The number of aryl methyl sites for hydroxylation is 1. The molecule has 1 aliphatic carbocycles. The molecule has 0 spiro atoms. The van der Waals surface area contributed by atoms with Gasteiger partial charge in [-0.2, -0.15) is 0 Å². The lowest BCUT2D eigenvalue weighted by Gasteiger charge is -2.25. The highest BCUT2D eigenvalue weighted by Crippen LogP contribution is 2.30. The lowest BCUT2D eigenvalue weighted by molar-refractivity contribution is 0.243. The third kappa shape index (κ3) is 3.36. The van der Waals surface area contributed by atoms with Gasteiger partial charge in [0.1, 0.15) is 5.76 Å². The molecular formula is C15H25NO2. The molecule has 0 aromatic carbocycles. The highest BCUT2D eigenvalue weighted by molar-refractivity contribution is 5.23. The van der Waals surface area contributed by atoms with E-state index in [1.807, 2.05) is 6.26 Å². The van der Waals surface area contributed by atoms with Crippen LogP contribution in [0.1, 0.15) is 56.4 Å². The van der Waals surface area contributed by atoms with Crippen LogP contribution in [0, 0.1) is 5.92 Å². The Balaban J connectivity index is 1.87. The molecule has 1 aliphatic rings. The number of hydrogen-bond donors (Lipinski definition) is 2. The van der Waals surface area contributed by atoms with Gasteiger partial charge in [0.05, 0.1) is 6.26 Å². The first kappa shape index (κ1) is 13.6. The predicted molar refractivity (Wildman–Crippen MR) is 72.5 cm³/mol. The van der Waals surface area contributed by atoms with Crippen LogP contribution in [0.3, 0.4) is 0 Å². The van der Waals surface area contributed by atoms with E-state index in [2.05, 4.69) is 18.3 Å². The number of rotatable bonds is 7. The Morgan fingerprint density at radius 1 is 1.50 bits per heavy atom. The Bertz CT molecular complexity index is 342. The van der Waals surface area contributed by atoms with E-state index in [1.54, 1.807) is 0 Å². The number of hydrogen-bond acceptors (Lipinski definition) is 3. The van der Waals surface area contributed by atoms with E-state index in [1.165, 1.54) is 31.2 Å². The van der Waals surface area contributed by atoms with Crippen LogP contribution in [-0.4, -0.2) is 18.3 Å². The summed E-state index contributed by atoms with van der Waals surface area (Å²) in [6.07, 6.45) is 8.58. The van der Waals surface area contributed by atoms with Crippen LogP contribution in [0.2, 0.25) is 0 Å². The monoisotopic (exact) mass is 251 g/mol. The van der Waals surface area contributed by atoms with Crippen LogP contribution >= 0.6 is 0 Å². The van der Waals surface area contributed by atoms with Crippen LogP contribution < -0.4 is 5.32 Å². The van der Waals surface area contributed by atoms with Crippen molar-refractivity contribution < 1.29 is 9.52 Å². The lowest BCUT2D eigenvalue weighted by Crippen LogP contribution is -2.29. The normalized spacial score (nSPS) is 20.7. The summed E-state index contributed by atoms with van der Waals surface area (Å²) < 4.78 is 5.51. The van der Waals surface area contributed by atoms with Crippen LogP contribution in [0.4, 0.5) is 0 Å². The largest absolute Gasteiger partial charge is 0.469 e. The Labute approximate surface area is 110 Å². The fourth-order valence-electron chi connectivity index (χ4n) is 2.95. The molecule has 0 saturated heterocycles. The molecule has 0 amide bonds. The number of aliphatic hydroxyl groups excluding tert-OH is 1. The van der Waals surface area contributed by atoms with Crippen LogP contribution in [-0.2, 0) is 6.42 Å². The minimum Gasteiger partial charge on any atom is -0.469 e. The predicted octanol–water partition coefficient (Wildman–Crippen LogP) is 3.05. The molecular weight excluding hydrogens is 226 g/mol. The van der Waals surface area contributed by atoms with Crippen molar-refractivity contribution in [3.63, 3.8) is 0 Å². The molecule has 2 unspecified atom stereocenters. The smallest absolute Gasteiger partial charge is 0.108 e. The second-order valence-electron chi connectivity index (χ2n) is 5.32. The van der Waals surface area contributed by atoms with Crippen LogP contribution in [0.25, 0.3) is 0 Å². The third-order valence-electron chi connectivity index (χ3n) is 3.94. The lowest BCUT2D eigenvalue weighted by atomic mass is 9.92. The number of fused-ring (bicyclic) bond motifs is 1. The van der Waals surface area contributed by atoms with Crippen molar-refractivity contribution in [1.29, 1.82) is 0 Å². The van der Waals surface area contributed by atoms with Crippen molar-refractivity contribution in [2.24, 2.45) is 5.92 Å². The van der Waals surface area contributed by atoms with Crippen LogP contribution in [0.15, 0.2) is 16.7 Å². The quantitative estimate of drug-likeness (QED) is 0.783. The molecule has 18 heavy (non-hydrogen) atoms. The second kappa shape index (κ2) is 6.95. The van der Waals surface area contributed by atoms with E-state index in [0.717, 1.165) is 25.1 Å².